The molecular formula is C42H54N10O8S2. The first kappa shape index (κ1) is 44.3. The normalized spacial score (nSPS) is 27.0. The van der Waals surface area contributed by atoms with Gasteiger partial charge in [0.25, 0.3) is 0 Å². The van der Waals surface area contributed by atoms with Crippen molar-refractivity contribution in [1.29, 1.82) is 10.5 Å². The maximum Gasteiger partial charge on any atom is 0.350 e. The van der Waals surface area contributed by atoms with E-state index in [1.165, 1.54) is 11.1 Å². The number of piperidine rings is 2. The Morgan fingerprint density at radius 1 is 0.629 bits per heavy atom. The summed E-state index contributed by atoms with van der Waals surface area (Å²) in [5.41, 5.74) is 1.36. The van der Waals surface area contributed by atoms with Gasteiger partial charge in [0.15, 0.2) is 0 Å². The molecule has 62 heavy (non-hydrogen) atoms. The van der Waals surface area contributed by atoms with E-state index in [0.717, 1.165) is 47.1 Å². The van der Waals surface area contributed by atoms with E-state index >= 15 is 0 Å². The second-order valence-corrected chi connectivity index (χ2v) is 20.8. The van der Waals surface area contributed by atoms with Crippen LogP contribution in [0.1, 0.15) is 74.3 Å². The number of hydrogen-bond acceptors (Lipinski definition) is 14. The van der Waals surface area contributed by atoms with Crippen molar-refractivity contribution in [3.8, 4) is 12.1 Å². The molecule has 18 nitrogen and oxygen atoms in total. The van der Waals surface area contributed by atoms with E-state index < -0.39 is 43.4 Å². The maximum absolute atomic E-state index is 13.0. The average Bonchev–Trinajstić information content (AvgIpc) is 4.19. The largest absolute Gasteiger partial charge is 0.351 e. The molecule has 0 aromatic heterocycles. The van der Waals surface area contributed by atoms with E-state index in [9.17, 15) is 36.9 Å². The minimum absolute atomic E-state index is 0.0352. The molecular weight excluding hydrogens is 837 g/mol. The smallest absolute Gasteiger partial charge is 0.350 e. The average molecular weight is 891 g/mol. The number of hydrogen-bond donors (Lipinski definition) is 4. The van der Waals surface area contributed by atoms with Crippen LogP contribution < -0.4 is 20.4 Å². The Kier molecular flexibility index (Phi) is 13.2. The van der Waals surface area contributed by atoms with Gasteiger partial charge in [-0.1, -0.05) is 60.7 Å². The molecule has 20 heteroatoms. The number of rotatable bonds is 18. The highest BCUT2D eigenvalue weighted by Crippen LogP contribution is 2.43. The van der Waals surface area contributed by atoms with Crippen molar-refractivity contribution in [3.63, 3.8) is 0 Å². The van der Waals surface area contributed by atoms with Gasteiger partial charge < -0.3 is 20.3 Å². The molecule has 4 atom stereocenters. The Morgan fingerprint density at radius 2 is 0.984 bits per heavy atom. The van der Waals surface area contributed by atoms with Gasteiger partial charge in [0, 0.05) is 101 Å². The van der Waals surface area contributed by atoms with E-state index in [-0.39, 0.29) is 39.0 Å². The molecule has 2 aromatic rings. The summed E-state index contributed by atoms with van der Waals surface area (Å²) < 4.78 is 54.1. The maximum atomic E-state index is 13.0. The monoisotopic (exact) mass is 890 g/mol. The molecule has 4 aliphatic heterocycles. The van der Waals surface area contributed by atoms with Gasteiger partial charge in [-0.2, -0.15) is 36.0 Å². The number of benzene rings is 2. The van der Waals surface area contributed by atoms with Crippen LogP contribution in [0.4, 0.5) is 0 Å². The van der Waals surface area contributed by atoms with Gasteiger partial charge in [-0.25, -0.2) is 9.59 Å². The molecule has 2 aliphatic carbocycles. The van der Waals surface area contributed by atoms with Crippen molar-refractivity contribution in [2.45, 2.75) is 98.4 Å². The standard InChI is InChI=1S/C42H54N10O8S2/c43-19-17-41(49-21-13-33(14-22-49)45-37-25-35(37)31-7-3-1-4-8-31)27-51(28-41)61(55,56)47-59-39(53)11-12-40(54)60-48-62(57,58)52-29-42(30-52,18-20-44)50-23-15-34(16-24-50)46-38-26-36(38)32-9-5-2-6-10-32/h1-12,33-38,45-48H,13-18,21-30H2/b12-11-/t35-,36-,37+,38+/m0/s1. The molecule has 0 radical (unpaired) electrons. The Morgan fingerprint density at radius 3 is 1.32 bits per heavy atom. The zero-order valence-electron chi connectivity index (χ0n) is 34.5. The van der Waals surface area contributed by atoms with E-state index in [1.54, 1.807) is 9.77 Å². The predicted molar refractivity (Wildman–Crippen MR) is 225 cm³/mol. The molecule has 0 amide bonds. The van der Waals surface area contributed by atoms with Crippen LogP contribution in [0.3, 0.4) is 0 Å². The third-order valence-electron chi connectivity index (χ3n) is 13.5. The SMILES string of the molecule is N#CCC1(N2CCC(N[C@@H]3C[C@H]3c3ccccc3)CC2)CN(S(=O)(=O)NOC(=O)/C=C\C(=O)ONS(=O)(=O)N2CC(CC#N)(N3CCC(N[C@@H]4C[C@H]4c4ccccc4)CC3)C2)C1. The van der Waals surface area contributed by atoms with Crippen LogP contribution >= 0.6 is 0 Å². The topological polar surface area (TPSA) is 230 Å². The Hall–Kier alpha value is -4.32. The van der Waals surface area contributed by atoms with Gasteiger partial charge >= 0.3 is 32.4 Å². The minimum Gasteiger partial charge on any atom is -0.351 e. The quantitative estimate of drug-likeness (QED) is 0.122. The van der Waals surface area contributed by atoms with Crippen molar-refractivity contribution in [3.05, 3.63) is 83.9 Å². The molecule has 2 aromatic carbocycles. The van der Waals surface area contributed by atoms with Crippen molar-refractivity contribution < 1.29 is 36.1 Å². The lowest BCUT2D eigenvalue weighted by Crippen LogP contribution is -2.73. The molecule has 0 bridgehead atoms. The summed E-state index contributed by atoms with van der Waals surface area (Å²) in [6, 6.07) is 26.9. The minimum atomic E-state index is -4.29. The highest BCUT2D eigenvalue weighted by atomic mass is 32.2. The molecule has 4 heterocycles. The molecule has 2 saturated carbocycles. The summed E-state index contributed by atoms with van der Waals surface area (Å²) in [7, 11) is -8.59. The first-order valence-electron chi connectivity index (χ1n) is 21.3. The fourth-order valence-electron chi connectivity index (χ4n) is 9.74. The molecule has 0 unspecified atom stereocenters. The van der Waals surface area contributed by atoms with Crippen molar-refractivity contribution >= 4 is 32.4 Å². The number of nitrogens with one attached hydrogen (secondary N) is 4. The molecule has 8 rings (SSSR count). The van der Waals surface area contributed by atoms with Crippen LogP contribution in [0, 0.1) is 22.7 Å². The van der Waals surface area contributed by atoms with Crippen LogP contribution in [0.5, 0.6) is 0 Å². The highest BCUT2D eigenvalue weighted by Gasteiger charge is 2.54. The van der Waals surface area contributed by atoms with Crippen molar-refractivity contribution in [2.75, 3.05) is 52.4 Å². The summed E-state index contributed by atoms with van der Waals surface area (Å²) in [5, 5.41) is 26.8. The molecule has 4 saturated heterocycles. The Labute approximate surface area is 363 Å². The third kappa shape index (κ3) is 10.1. The van der Waals surface area contributed by atoms with Crippen LogP contribution in [0.15, 0.2) is 72.8 Å². The first-order valence-corrected chi connectivity index (χ1v) is 24.2. The van der Waals surface area contributed by atoms with Crippen LogP contribution in [-0.4, -0.2) is 135 Å². The summed E-state index contributed by atoms with van der Waals surface area (Å²) in [5.74, 6) is -1.47. The third-order valence-corrected chi connectivity index (χ3v) is 16.0. The van der Waals surface area contributed by atoms with Gasteiger partial charge in [0.1, 0.15) is 0 Å². The molecule has 6 aliphatic rings. The van der Waals surface area contributed by atoms with Crippen molar-refractivity contribution in [2.24, 2.45) is 0 Å². The van der Waals surface area contributed by atoms with E-state index in [2.05, 4.69) is 90.8 Å². The van der Waals surface area contributed by atoms with Gasteiger partial charge in [0.05, 0.1) is 36.1 Å². The van der Waals surface area contributed by atoms with Crippen LogP contribution in [0.25, 0.3) is 0 Å². The van der Waals surface area contributed by atoms with E-state index in [1.807, 2.05) is 12.1 Å². The Bertz CT molecular complexity index is 2100. The van der Waals surface area contributed by atoms with Gasteiger partial charge in [0.2, 0.25) is 0 Å². The second kappa shape index (κ2) is 18.4. The highest BCUT2D eigenvalue weighted by molar-refractivity contribution is 7.87. The summed E-state index contributed by atoms with van der Waals surface area (Å²) >= 11 is 0. The number of likely N-dealkylation sites (tertiary alicyclic amines) is 2. The zero-order valence-corrected chi connectivity index (χ0v) is 36.1. The summed E-state index contributed by atoms with van der Waals surface area (Å²) in [6.45, 7) is 2.99. The van der Waals surface area contributed by atoms with E-state index in [0.29, 0.717) is 74.3 Å². The molecule has 6 fully saturated rings. The van der Waals surface area contributed by atoms with Crippen LogP contribution in [-0.2, 0) is 39.7 Å². The fraction of sp³-hybridized carbons (Fsp3) is 0.571. The fourth-order valence-corrected chi connectivity index (χ4v) is 12.0. The summed E-state index contributed by atoms with van der Waals surface area (Å²) in [4.78, 5) is 41.8. The predicted octanol–water partition coefficient (Wildman–Crippen LogP) is 1.28. The lowest BCUT2D eigenvalue weighted by atomic mass is 9.84. The van der Waals surface area contributed by atoms with E-state index in [4.69, 9.17) is 0 Å². The van der Waals surface area contributed by atoms with Gasteiger partial charge in [-0.15, -0.1) is 0 Å². The van der Waals surface area contributed by atoms with Crippen molar-refractivity contribution in [1.82, 2.24) is 38.8 Å². The number of nitrogens with zero attached hydrogens (tertiary/aromatic N) is 6. The molecule has 332 valence electrons. The molecule has 4 N–H and O–H groups in total. The zero-order chi connectivity index (χ0) is 43.5. The number of carbonyl (C=O) groups is 2. The number of nitriles is 2. The Balaban J connectivity index is 0.723. The first-order chi connectivity index (χ1) is 29.8. The van der Waals surface area contributed by atoms with Gasteiger partial charge in [-0.05, 0) is 59.4 Å². The number of carbonyl (C=O) groups excluding carboxylic acids is 2. The van der Waals surface area contributed by atoms with Crippen LogP contribution in [0.2, 0.25) is 0 Å². The molecule has 0 spiro atoms. The summed E-state index contributed by atoms with van der Waals surface area (Å²) in [6.07, 6.45) is 7.15. The second-order valence-electron chi connectivity index (χ2n) is 17.6. The lowest BCUT2D eigenvalue weighted by molar-refractivity contribution is -0.144. The van der Waals surface area contributed by atoms with Gasteiger partial charge in [-0.3, -0.25) is 9.80 Å². The lowest BCUT2D eigenvalue weighted by Gasteiger charge is -2.55.